The van der Waals surface area contributed by atoms with Crippen LogP contribution >= 0.6 is 23.2 Å². The summed E-state index contributed by atoms with van der Waals surface area (Å²) >= 11 is 12.3. The number of pyridine rings is 1. The van der Waals surface area contributed by atoms with Crippen molar-refractivity contribution in [3.8, 4) is 0 Å². The van der Waals surface area contributed by atoms with Gasteiger partial charge in [0.25, 0.3) is 0 Å². The molecule has 100 valence electrons. The van der Waals surface area contributed by atoms with Crippen molar-refractivity contribution in [2.24, 2.45) is 0 Å². The van der Waals surface area contributed by atoms with E-state index in [0.717, 1.165) is 16.5 Å². The first-order valence-electron chi connectivity index (χ1n) is 6.00. The number of halogens is 2. The third-order valence-electron chi connectivity index (χ3n) is 3.07. The lowest BCUT2D eigenvalue weighted by Gasteiger charge is -2.13. The molecule has 3 N–H and O–H groups in total. The van der Waals surface area contributed by atoms with Gasteiger partial charge in [0.1, 0.15) is 0 Å². The highest BCUT2D eigenvalue weighted by molar-refractivity contribution is 6.39. The quantitative estimate of drug-likeness (QED) is 0.664. The zero-order valence-electron chi connectivity index (χ0n) is 10.4. The molecule has 0 aliphatic carbocycles. The first-order valence-corrected chi connectivity index (χ1v) is 6.75. The fraction of sp³-hybridized carbons (Fsp3) is 0. The first-order chi connectivity index (χ1) is 9.66. The van der Waals surface area contributed by atoms with E-state index < -0.39 is 0 Å². The lowest BCUT2D eigenvalue weighted by Crippen LogP contribution is -1.96. The van der Waals surface area contributed by atoms with Gasteiger partial charge in [0.2, 0.25) is 0 Å². The molecule has 5 heteroatoms. The number of hydrogen-bond acceptors (Lipinski definition) is 3. The maximum absolute atomic E-state index is 6.17. The summed E-state index contributed by atoms with van der Waals surface area (Å²) in [4.78, 5) is 4.14. The van der Waals surface area contributed by atoms with E-state index in [1.54, 1.807) is 30.6 Å². The SMILES string of the molecule is Nc1ccc(Nc2c(Cl)cccc2Cl)c2cnccc12. The van der Waals surface area contributed by atoms with E-state index in [9.17, 15) is 0 Å². The summed E-state index contributed by atoms with van der Waals surface area (Å²) in [6.45, 7) is 0. The number of nitrogens with two attached hydrogens (primary N) is 1. The van der Waals surface area contributed by atoms with Gasteiger partial charge >= 0.3 is 0 Å². The molecule has 2 aromatic carbocycles. The van der Waals surface area contributed by atoms with Crippen molar-refractivity contribution < 1.29 is 0 Å². The second-order valence-corrected chi connectivity index (χ2v) is 5.16. The lowest BCUT2D eigenvalue weighted by molar-refractivity contribution is 1.36. The monoisotopic (exact) mass is 303 g/mol. The summed E-state index contributed by atoms with van der Waals surface area (Å²) in [6.07, 6.45) is 3.48. The highest BCUT2D eigenvalue weighted by atomic mass is 35.5. The van der Waals surface area contributed by atoms with Crippen molar-refractivity contribution in [3.05, 3.63) is 58.8 Å². The topological polar surface area (TPSA) is 50.9 Å². The molecule has 0 spiro atoms. The van der Waals surface area contributed by atoms with Crippen molar-refractivity contribution in [2.75, 3.05) is 11.1 Å². The van der Waals surface area contributed by atoms with E-state index >= 15 is 0 Å². The highest BCUT2D eigenvalue weighted by Crippen LogP contribution is 2.35. The zero-order valence-corrected chi connectivity index (χ0v) is 11.9. The van der Waals surface area contributed by atoms with Gasteiger partial charge in [0.15, 0.2) is 0 Å². The molecule has 0 unspecified atom stereocenters. The molecule has 0 amide bonds. The average molecular weight is 304 g/mol. The zero-order chi connectivity index (χ0) is 14.1. The number of hydrogen-bond donors (Lipinski definition) is 2. The molecule has 0 aliphatic heterocycles. The minimum atomic E-state index is 0.561. The average Bonchev–Trinajstić information content (AvgIpc) is 2.46. The van der Waals surface area contributed by atoms with Gasteiger partial charge in [-0.1, -0.05) is 29.3 Å². The molecule has 3 aromatic rings. The van der Waals surface area contributed by atoms with Crippen LogP contribution < -0.4 is 11.1 Å². The normalized spacial score (nSPS) is 10.7. The maximum atomic E-state index is 6.17. The van der Waals surface area contributed by atoms with E-state index in [1.165, 1.54) is 0 Å². The van der Waals surface area contributed by atoms with Crippen molar-refractivity contribution >= 4 is 51.0 Å². The Labute approximate surface area is 126 Å². The Morgan fingerprint density at radius 3 is 2.45 bits per heavy atom. The minimum absolute atomic E-state index is 0.561. The molecule has 20 heavy (non-hydrogen) atoms. The van der Waals surface area contributed by atoms with E-state index in [1.807, 2.05) is 18.2 Å². The molecule has 0 aliphatic rings. The van der Waals surface area contributed by atoms with Crippen molar-refractivity contribution in [1.29, 1.82) is 0 Å². The van der Waals surface area contributed by atoms with Crippen molar-refractivity contribution in [1.82, 2.24) is 4.98 Å². The number of nitrogen functional groups attached to an aromatic ring is 1. The standard InChI is InChI=1S/C15H11Cl2N3/c16-11-2-1-3-12(17)15(11)20-14-5-4-13(18)9-6-7-19-8-10(9)14/h1-8,20H,18H2. The van der Waals surface area contributed by atoms with E-state index in [4.69, 9.17) is 28.9 Å². The van der Waals surface area contributed by atoms with Crippen LogP contribution in [0.1, 0.15) is 0 Å². The molecule has 1 aromatic heterocycles. The molecule has 0 fully saturated rings. The van der Waals surface area contributed by atoms with Crippen LogP contribution in [0, 0.1) is 0 Å². The molecule has 0 saturated heterocycles. The third kappa shape index (κ3) is 2.26. The fourth-order valence-electron chi connectivity index (χ4n) is 2.07. The number of para-hydroxylation sites is 1. The highest BCUT2D eigenvalue weighted by Gasteiger charge is 2.09. The number of anilines is 3. The number of aromatic nitrogens is 1. The number of rotatable bonds is 2. The van der Waals surface area contributed by atoms with Gasteiger partial charge in [0, 0.05) is 34.5 Å². The van der Waals surface area contributed by atoms with Gasteiger partial charge in [-0.05, 0) is 30.3 Å². The van der Waals surface area contributed by atoms with Gasteiger partial charge in [-0.15, -0.1) is 0 Å². The van der Waals surface area contributed by atoms with Crippen molar-refractivity contribution in [3.63, 3.8) is 0 Å². The van der Waals surface area contributed by atoms with Gasteiger partial charge in [-0.2, -0.15) is 0 Å². The van der Waals surface area contributed by atoms with E-state index in [0.29, 0.717) is 21.4 Å². The molecule has 0 saturated carbocycles. The number of nitrogens with zero attached hydrogens (tertiary/aromatic N) is 1. The van der Waals surface area contributed by atoms with E-state index in [2.05, 4.69) is 10.3 Å². The molecular formula is C15H11Cl2N3. The van der Waals surface area contributed by atoms with Crippen LogP contribution in [0.5, 0.6) is 0 Å². The predicted octanol–water partition coefficient (Wildman–Crippen LogP) is 4.87. The Kier molecular flexibility index (Phi) is 3.38. The van der Waals surface area contributed by atoms with Crippen LogP contribution in [0.4, 0.5) is 17.1 Å². The van der Waals surface area contributed by atoms with Crippen molar-refractivity contribution in [2.45, 2.75) is 0 Å². The molecule has 0 radical (unpaired) electrons. The van der Waals surface area contributed by atoms with Crippen LogP contribution in [0.2, 0.25) is 10.0 Å². The molecule has 0 bridgehead atoms. The summed E-state index contributed by atoms with van der Waals surface area (Å²) in [5.74, 6) is 0. The van der Waals surface area contributed by atoms with E-state index in [-0.39, 0.29) is 0 Å². The van der Waals surface area contributed by atoms with Crippen LogP contribution in [0.15, 0.2) is 48.8 Å². The first kappa shape index (κ1) is 13.0. The Morgan fingerprint density at radius 2 is 1.70 bits per heavy atom. The molecular weight excluding hydrogens is 293 g/mol. The summed E-state index contributed by atoms with van der Waals surface area (Å²) in [6, 6.07) is 11.0. The van der Waals surface area contributed by atoms with Gasteiger partial charge < -0.3 is 11.1 Å². The number of benzene rings is 2. The number of fused-ring (bicyclic) bond motifs is 1. The predicted molar refractivity (Wildman–Crippen MR) is 85.9 cm³/mol. The minimum Gasteiger partial charge on any atom is -0.398 e. The lowest BCUT2D eigenvalue weighted by atomic mass is 10.1. The fourth-order valence-corrected chi connectivity index (χ4v) is 2.57. The van der Waals surface area contributed by atoms with Gasteiger partial charge in [-0.3, -0.25) is 4.98 Å². The maximum Gasteiger partial charge on any atom is 0.0763 e. The summed E-state index contributed by atoms with van der Waals surface area (Å²) < 4.78 is 0. The number of nitrogens with one attached hydrogen (secondary N) is 1. The molecule has 3 rings (SSSR count). The Morgan fingerprint density at radius 1 is 0.950 bits per heavy atom. The van der Waals surface area contributed by atoms with Gasteiger partial charge in [0.05, 0.1) is 15.7 Å². The van der Waals surface area contributed by atoms with Crippen LogP contribution in [-0.2, 0) is 0 Å². The smallest absolute Gasteiger partial charge is 0.0763 e. The summed E-state index contributed by atoms with van der Waals surface area (Å²) in [7, 11) is 0. The van der Waals surface area contributed by atoms with Crippen LogP contribution in [0.3, 0.4) is 0 Å². The second kappa shape index (κ2) is 5.19. The van der Waals surface area contributed by atoms with Crippen LogP contribution in [-0.4, -0.2) is 4.98 Å². The van der Waals surface area contributed by atoms with Gasteiger partial charge in [-0.25, -0.2) is 0 Å². The summed E-state index contributed by atoms with van der Waals surface area (Å²) in [5, 5.41) is 6.23. The largest absolute Gasteiger partial charge is 0.398 e. The second-order valence-electron chi connectivity index (χ2n) is 4.35. The summed E-state index contributed by atoms with van der Waals surface area (Å²) in [5.41, 5.74) is 8.21. The third-order valence-corrected chi connectivity index (χ3v) is 3.70. The molecule has 3 nitrogen and oxygen atoms in total. The van der Waals surface area contributed by atoms with Crippen LogP contribution in [0.25, 0.3) is 10.8 Å². The molecule has 1 heterocycles. The Bertz CT molecular complexity index is 767. The Hall–Kier alpha value is -1.97. The Balaban J connectivity index is 2.14. The molecule has 0 atom stereocenters.